The van der Waals surface area contributed by atoms with E-state index >= 15 is 0 Å². The van der Waals surface area contributed by atoms with E-state index in [0.717, 1.165) is 10.2 Å². The van der Waals surface area contributed by atoms with Gasteiger partial charge in [0.15, 0.2) is 0 Å². The van der Waals surface area contributed by atoms with Crippen molar-refractivity contribution in [3.8, 4) is 0 Å². The normalized spacial score (nSPS) is 9.94. The highest BCUT2D eigenvalue weighted by molar-refractivity contribution is 9.10. The predicted molar refractivity (Wildman–Crippen MR) is 72.9 cm³/mol. The average Bonchev–Trinajstić information content (AvgIpc) is 2.34. The van der Waals surface area contributed by atoms with Crippen LogP contribution in [-0.2, 0) is 0 Å². The van der Waals surface area contributed by atoms with Crippen LogP contribution in [0.1, 0.15) is 10.4 Å². The Hall–Kier alpha value is -1.81. The molecule has 0 unspecified atom stereocenters. The molecule has 0 aliphatic heterocycles. The number of nitrogens with one attached hydrogen (secondary N) is 1. The van der Waals surface area contributed by atoms with Gasteiger partial charge in [0.05, 0.1) is 11.3 Å². The molecular weight excluding hydrogens is 280 g/mol. The maximum absolute atomic E-state index is 12.0. The molecule has 1 amide bonds. The minimum Gasteiger partial charge on any atom is -0.397 e. The summed E-state index contributed by atoms with van der Waals surface area (Å²) in [7, 11) is 0. The van der Waals surface area contributed by atoms with Crippen molar-refractivity contribution < 1.29 is 4.79 Å². The van der Waals surface area contributed by atoms with Gasteiger partial charge in [0.25, 0.3) is 5.91 Å². The molecular formula is C13H11BrN2O. The van der Waals surface area contributed by atoms with Gasteiger partial charge in [0, 0.05) is 10.2 Å². The van der Waals surface area contributed by atoms with E-state index in [1.165, 1.54) is 0 Å². The highest BCUT2D eigenvalue weighted by atomic mass is 79.9. The summed E-state index contributed by atoms with van der Waals surface area (Å²) in [6.45, 7) is 0. The van der Waals surface area contributed by atoms with Crippen LogP contribution in [0.5, 0.6) is 0 Å². The summed E-state index contributed by atoms with van der Waals surface area (Å²) in [5.74, 6) is -0.213. The summed E-state index contributed by atoms with van der Waals surface area (Å²) >= 11 is 3.29. The van der Waals surface area contributed by atoms with Crippen LogP contribution < -0.4 is 11.1 Å². The first kappa shape index (κ1) is 11.7. The Morgan fingerprint density at radius 3 is 2.47 bits per heavy atom. The lowest BCUT2D eigenvalue weighted by atomic mass is 10.1. The number of para-hydroxylation sites is 2. The maximum atomic E-state index is 12.0. The van der Waals surface area contributed by atoms with Crippen LogP contribution in [0.15, 0.2) is 53.0 Å². The number of anilines is 2. The van der Waals surface area contributed by atoms with Gasteiger partial charge in [-0.3, -0.25) is 4.79 Å². The van der Waals surface area contributed by atoms with Gasteiger partial charge in [0.1, 0.15) is 0 Å². The van der Waals surface area contributed by atoms with Crippen molar-refractivity contribution in [2.24, 2.45) is 0 Å². The Labute approximate surface area is 108 Å². The summed E-state index contributed by atoms with van der Waals surface area (Å²) in [5.41, 5.74) is 7.48. The maximum Gasteiger partial charge on any atom is 0.257 e. The van der Waals surface area contributed by atoms with Crippen LogP contribution in [-0.4, -0.2) is 5.91 Å². The Kier molecular flexibility index (Phi) is 3.44. The fraction of sp³-hybridized carbons (Fsp3) is 0. The molecule has 0 fully saturated rings. The zero-order valence-corrected chi connectivity index (χ0v) is 10.6. The molecule has 0 atom stereocenters. The number of halogens is 1. The topological polar surface area (TPSA) is 55.1 Å². The predicted octanol–water partition coefficient (Wildman–Crippen LogP) is 3.28. The van der Waals surface area contributed by atoms with Crippen molar-refractivity contribution in [1.82, 2.24) is 0 Å². The van der Waals surface area contributed by atoms with Crippen LogP contribution >= 0.6 is 15.9 Å². The summed E-state index contributed by atoms with van der Waals surface area (Å²) < 4.78 is 0.721. The summed E-state index contributed by atoms with van der Waals surface area (Å²) in [6, 6.07) is 14.5. The molecule has 0 bridgehead atoms. The number of rotatable bonds is 2. The lowest BCUT2D eigenvalue weighted by Crippen LogP contribution is -2.14. The molecule has 3 N–H and O–H groups in total. The summed E-state index contributed by atoms with van der Waals surface area (Å²) in [4.78, 5) is 12.0. The molecule has 4 heteroatoms. The van der Waals surface area contributed by atoms with Crippen LogP contribution in [0, 0.1) is 0 Å². The molecule has 0 radical (unpaired) electrons. The van der Waals surface area contributed by atoms with Crippen molar-refractivity contribution in [3.05, 3.63) is 58.6 Å². The summed E-state index contributed by atoms with van der Waals surface area (Å²) in [6.07, 6.45) is 0. The Morgan fingerprint density at radius 2 is 1.76 bits per heavy atom. The van der Waals surface area contributed by atoms with E-state index in [0.29, 0.717) is 11.3 Å². The van der Waals surface area contributed by atoms with Gasteiger partial charge < -0.3 is 11.1 Å². The molecule has 0 heterocycles. The van der Waals surface area contributed by atoms with E-state index in [4.69, 9.17) is 5.73 Å². The van der Waals surface area contributed by atoms with Crippen LogP contribution in [0.25, 0.3) is 0 Å². The van der Waals surface area contributed by atoms with Crippen molar-refractivity contribution >= 4 is 33.2 Å². The molecule has 86 valence electrons. The molecule has 2 aromatic carbocycles. The number of benzene rings is 2. The van der Waals surface area contributed by atoms with Gasteiger partial charge in [-0.25, -0.2) is 0 Å². The summed E-state index contributed by atoms with van der Waals surface area (Å²) in [5, 5.41) is 2.79. The third-order valence-electron chi connectivity index (χ3n) is 2.33. The second kappa shape index (κ2) is 5.01. The molecule has 17 heavy (non-hydrogen) atoms. The van der Waals surface area contributed by atoms with Crippen LogP contribution in [0.2, 0.25) is 0 Å². The first-order chi connectivity index (χ1) is 8.18. The van der Waals surface area contributed by atoms with Crippen molar-refractivity contribution in [1.29, 1.82) is 0 Å². The fourth-order valence-electron chi connectivity index (χ4n) is 1.45. The van der Waals surface area contributed by atoms with Gasteiger partial charge in [-0.05, 0) is 40.2 Å². The van der Waals surface area contributed by atoms with Gasteiger partial charge in [-0.2, -0.15) is 0 Å². The van der Waals surface area contributed by atoms with Gasteiger partial charge in [-0.15, -0.1) is 0 Å². The molecule has 2 aromatic rings. The second-order valence-electron chi connectivity index (χ2n) is 3.52. The number of carbonyl (C=O) groups is 1. The number of amides is 1. The molecule has 0 saturated heterocycles. The number of carbonyl (C=O) groups excluding carboxylic acids is 1. The zero-order valence-electron chi connectivity index (χ0n) is 8.98. The Balaban J connectivity index is 2.24. The van der Waals surface area contributed by atoms with E-state index < -0.39 is 0 Å². The monoisotopic (exact) mass is 290 g/mol. The Bertz CT molecular complexity index is 540. The van der Waals surface area contributed by atoms with Crippen LogP contribution in [0.4, 0.5) is 11.4 Å². The molecule has 0 saturated carbocycles. The molecule has 0 aliphatic carbocycles. The molecule has 3 nitrogen and oxygen atoms in total. The molecule has 0 aliphatic rings. The number of hydrogen-bond acceptors (Lipinski definition) is 2. The molecule has 0 aromatic heterocycles. The van der Waals surface area contributed by atoms with E-state index in [2.05, 4.69) is 21.2 Å². The third kappa shape index (κ3) is 2.65. The van der Waals surface area contributed by atoms with Crippen molar-refractivity contribution in [2.75, 3.05) is 11.1 Å². The fourth-order valence-corrected chi connectivity index (χ4v) is 1.82. The Morgan fingerprint density at radius 1 is 1.06 bits per heavy atom. The van der Waals surface area contributed by atoms with E-state index in [-0.39, 0.29) is 5.91 Å². The standard InChI is InChI=1S/C13H11BrN2O/c14-11-8-4-7-10(12(11)15)13(17)16-9-5-2-1-3-6-9/h1-8H,15H2,(H,16,17). The van der Waals surface area contributed by atoms with E-state index in [1.54, 1.807) is 18.2 Å². The first-order valence-corrected chi connectivity index (χ1v) is 5.88. The average molecular weight is 291 g/mol. The smallest absolute Gasteiger partial charge is 0.257 e. The lowest BCUT2D eigenvalue weighted by molar-refractivity contribution is 0.102. The van der Waals surface area contributed by atoms with Crippen molar-refractivity contribution in [2.45, 2.75) is 0 Å². The lowest BCUT2D eigenvalue weighted by Gasteiger charge is -2.08. The SMILES string of the molecule is Nc1c(Br)cccc1C(=O)Nc1ccccc1. The third-order valence-corrected chi connectivity index (χ3v) is 3.02. The van der Waals surface area contributed by atoms with Crippen LogP contribution in [0.3, 0.4) is 0 Å². The molecule has 2 rings (SSSR count). The quantitative estimate of drug-likeness (QED) is 0.834. The first-order valence-electron chi connectivity index (χ1n) is 5.09. The largest absolute Gasteiger partial charge is 0.397 e. The van der Waals surface area contributed by atoms with Gasteiger partial charge in [0.2, 0.25) is 0 Å². The number of hydrogen-bond donors (Lipinski definition) is 2. The minimum atomic E-state index is -0.213. The van der Waals surface area contributed by atoms with Gasteiger partial charge in [-0.1, -0.05) is 24.3 Å². The number of nitrogen functional groups attached to an aromatic ring is 1. The van der Waals surface area contributed by atoms with E-state index in [9.17, 15) is 4.79 Å². The molecule has 0 spiro atoms. The highest BCUT2D eigenvalue weighted by Gasteiger charge is 2.11. The highest BCUT2D eigenvalue weighted by Crippen LogP contribution is 2.23. The van der Waals surface area contributed by atoms with Crippen molar-refractivity contribution in [3.63, 3.8) is 0 Å². The number of nitrogens with two attached hydrogens (primary N) is 1. The second-order valence-corrected chi connectivity index (χ2v) is 4.38. The van der Waals surface area contributed by atoms with Gasteiger partial charge >= 0.3 is 0 Å². The van der Waals surface area contributed by atoms with E-state index in [1.807, 2.05) is 30.3 Å². The minimum absolute atomic E-state index is 0.213. The zero-order chi connectivity index (χ0) is 12.3.